The van der Waals surface area contributed by atoms with Crippen LogP contribution in [0.4, 0.5) is 5.69 Å². The number of benzene rings is 1. The Balaban J connectivity index is 1.55. The molecule has 1 aliphatic carbocycles. The van der Waals surface area contributed by atoms with Gasteiger partial charge in [-0.2, -0.15) is 0 Å². The van der Waals surface area contributed by atoms with Crippen molar-refractivity contribution >= 4 is 44.9 Å². The number of hydrogen-bond donors (Lipinski definition) is 1. The SMILES string of the molecule is COc1ccc(NC(=O)[C@@H](C)Sc2nc(C)nc3sc4c(c23)CCC4)cc1. The van der Waals surface area contributed by atoms with E-state index in [0.717, 1.165) is 45.3 Å². The molecule has 0 saturated heterocycles. The Hall–Kier alpha value is -2.12. The van der Waals surface area contributed by atoms with Gasteiger partial charge in [0.25, 0.3) is 0 Å². The number of carbonyl (C=O) groups is 1. The number of rotatable bonds is 5. The molecular weight excluding hydrogens is 378 g/mol. The van der Waals surface area contributed by atoms with Crippen LogP contribution in [-0.2, 0) is 17.6 Å². The average molecular weight is 400 g/mol. The molecule has 0 fully saturated rings. The second-order valence-corrected chi connectivity index (χ2v) is 9.00. The van der Waals surface area contributed by atoms with Gasteiger partial charge in [-0.3, -0.25) is 4.79 Å². The summed E-state index contributed by atoms with van der Waals surface area (Å²) in [6.45, 7) is 3.83. The van der Waals surface area contributed by atoms with Crippen molar-refractivity contribution in [2.45, 2.75) is 43.4 Å². The van der Waals surface area contributed by atoms with Gasteiger partial charge in [-0.25, -0.2) is 9.97 Å². The van der Waals surface area contributed by atoms with Crippen LogP contribution in [0, 0.1) is 6.92 Å². The first-order valence-corrected chi connectivity index (χ1v) is 10.6. The highest BCUT2D eigenvalue weighted by atomic mass is 32.2. The molecule has 0 bridgehead atoms. The largest absolute Gasteiger partial charge is 0.497 e. The van der Waals surface area contributed by atoms with Crippen molar-refractivity contribution in [1.82, 2.24) is 9.97 Å². The molecule has 0 spiro atoms. The van der Waals surface area contributed by atoms with Gasteiger partial charge in [0.15, 0.2) is 0 Å². The second-order valence-electron chi connectivity index (χ2n) is 6.59. The van der Waals surface area contributed by atoms with Crippen LogP contribution in [0.2, 0.25) is 0 Å². The zero-order valence-corrected chi connectivity index (χ0v) is 17.2. The molecule has 140 valence electrons. The lowest BCUT2D eigenvalue weighted by atomic mass is 10.2. The zero-order valence-electron chi connectivity index (χ0n) is 15.5. The maximum Gasteiger partial charge on any atom is 0.237 e. The molecular formula is C20H21N3O2S2. The topological polar surface area (TPSA) is 64.1 Å². The van der Waals surface area contributed by atoms with Gasteiger partial charge in [-0.1, -0.05) is 11.8 Å². The number of nitrogens with zero attached hydrogens (tertiary/aromatic N) is 2. The number of methoxy groups -OCH3 is 1. The molecule has 1 aliphatic rings. The Morgan fingerprint density at radius 1 is 1.26 bits per heavy atom. The molecule has 1 aromatic carbocycles. The highest BCUT2D eigenvalue weighted by Gasteiger charge is 2.24. The number of thiophene rings is 1. The van der Waals surface area contributed by atoms with Crippen LogP contribution < -0.4 is 10.1 Å². The van der Waals surface area contributed by atoms with Crippen molar-refractivity contribution in [1.29, 1.82) is 0 Å². The molecule has 1 N–H and O–H groups in total. The lowest BCUT2D eigenvalue weighted by Gasteiger charge is -2.13. The van der Waals surface area contributed by atoms with Crippen LogP contribution in [0.25, 0.3) is 10.2 Å². The lowest BCUT2D eigenvalue weighted by Crippen LogP contribution is -2.22. The number of aromatic nitrogens is 2. The van der Waals surface area contributed by atoms with Gasteiger partial charge < -0.3 is 10.1 Å². The summed E-state index contributed by atoms with van der Waals surface area (Å²) in [6, 6.07) is 7.35. The van der Waals surface area contributed by atoms with E-state index in [4.69, 9.17) is 4.74 Å². The lowest BCUT2D eigenvalue weighted by molar-refractivity contribution is -0.115. The van der Waals surface area contributed by atoms with E-state index in [1.165, 1.54) is 28.6 Å². The summed E-state index contributed by atoms with van der Waals surface area (Å²) in [5.41, 5.74) is 2.15. The molecule has 0 unspecified atom stereocenters. The summed E-state index contributed by atoms with van der Waals surface area (Å²) in [5, 5.41) is 4.79. The van der Waals surface area contributed by atoms with Crippen molar-refractivity contribution in [3.05, 3.63) is 40.5 Å². The number of ether oxygens (including phenoxy) is 1. The van der Waals surface area contributed by atoms with E-state index in [9.17, 15) is 4.79 Å². The Bertz CT molecular complexity index is 999. The zero-order chi connectivity index (χ0) is 19.0. The van der Waals surface area contributed by atoms with Crippen molar-refractivity contribution in [2.24, 2.45) is 0 Å². The third-order valence-corrected chi connectivity index (χ3v) is 6.93. The van der Waals surface area contributed by atoms with Crippen LogP contribution in [0.3, 0.4) is 0 Å². The smallest absolute Gasteiger partial charge is 0.237 e. The quantitative estimate of drug-likeness (QED) is 0.501. The summed E-state index contributed by atoms with van der Waals surface area (Å²) >= 11 is 3.29. The molecule has 0 saturated carbocycles. The Labute approximate surface area is 166 Å². The number of anilines is 1. The van der Waals surface area contributed by atoms with Crippen LogP contribution in [-0.4, -0.2) is 28.2 Å². The molecule has 0 aliphatic heterocycles. The summed E-state index contributed by atoms with van der Waals surface area (Å²) in [4.78, 5) is 24.4. The summed E-state index contributed by atoms with van der Waals surface area (Å²) in [6.07, 6.45) is 3.41. The van der Waals surface area contributed by atoms with Crippen LogP contribution >= 0.6 is 23.1 Å². The Morgan fingerprint density at radius 3 is 2.78 bits per heavy atom. The minimum atomic E-state index is -0.262. The van der Waals surface area contributed by atoms with Gasteiger partial charge in [0, 0.05) is 16.0 Å². The normalized spacial score (nSPS) is 14.2. The maximum absolute atomic E-state index is 12.7. The van der Waals surface area contributed by atoms with E-state index >= 15 is 0 Å². The first-order valence-electron chi connectivity index (χ1n) is 8.95. The van der Waals surface area contributed by atoms with E-state index in [2.05, 4.69) is 15.3 Å². The minimum Gasteiger partial charge on any atom is -0.497 e. The molecule has 3 aromatic rings. The number of hydrogen-bond acceptors (Lipinski definition) is 6. The first-order chi connectivity index (χ1) is 13.0. The van der Waals surface area contributed by atoms with E-state index in [1.54, 1.807) is 18.4 Å². The monoisotopic (exact) mass is 399 g/mol. The number of nitrogens with one attached hydrogen (secondary N) is 1. The maximum atomic E-state index is 12.7. The fourth-order valence-electron chi connectivity index (χ4n) is 3.29. The van der Waals surface area contributed by atoms with Crippen LogP contribution in [0.1, 0.15) is 29.6 Å². The number of amides is 1. The van der Waals surface area contributed by atoms with Gasteiger partial charge in [0.1, 0.15) is 21.4 Å². The Morgan fingerprint density at radius 2 is 2.04 bits per heavy atom. The molecule has 5 nitrogen and oxygen atoms in total. The summed E-state index contributed by atoms with van der Waals surface area (Å²) in [7, 11) is 1.62. The van der Waals surface area contributed by atoms with E-state index in [1.807, 2.05) is 38.1 Å². The molecule has 2 aromatic heterocycles. The number of fused-ring (bicyclic) bond motifs is 3. The van der Waals surface area contributed by atoms with Crippen molar-refractivity contribution in [3.8, 4) is 5.75 Å². The van der Waals surface area contributed by atoms with Crippen molar-refractivity contribution in [3.63, 3.8) is 0 Å². The molecule has 1 amide bonds. The fraction of sp³-hybridized carbons (Fsp3) is 0.350. The third kappa shape index (κ3) is 3.66. The Kier molecular flexibility index (Phi) is 5.06. The molecule has 27 heavy (non-hydrogen) atoms. The third-order valence-electron chi connectivity index (χ3n) is 4.66. The predicted octanol–water partition coefficient (Wildman–Crippen LogP) is 4.62. The van der Waals surface area contributed by atoms with Crippen molar-refractivity contribution < 1.29 is 9.53 Å². The number of carbonyl (C=O) groups excluding carboxylic acids is 1. The van der Waals surface area contributed by atoms with Crippen molar-refractivity contribution in [2.75, 3.05) is 12.4 Å². The second kappa shape index (κ2) is 7.48. The molecule has 0 radical (unpaired) electrons. The molecule has 7 heteroatoms. The van der Waals surface area contributed by atoms with E-state index < -0.39 is 0 Å². The highest BCUT2D eigenvalue weighted by molar-refractivity contribution is 8.00. The summed E-state index contributed by atoms with van der Waals surface area (Å²) in [5.74, 6) is 1.48. The number of thioether (sulfide) groups is 1. The van der Waals surface area contributed by atoms with Crippen LogP contribution in [0.5, 0.6) is 5.75 Å². The first kappa shape index (κ1) is 18.3. The summed E-state index contributed by atoms with van der Waals surface area (Å²) < 4.78 is 5.15. The minimum absolute atomic E-state index is 0.0403. The molecule has 4 rings (SSSR count). The fourth-order valence-corrected chi connectivity index (χ4v) is 5.68. The highest BCUT2D eigenvalue weighted by Crippen LogP contribution is 2.41. The van der Waals surface area contributed by atoms with E-state index in [0.29, 0.717) is 0 Å². The van der Waals surface area contributed by atoms with Crippen LogP contribution in [0.15, 0.2) is 29.3 Å². The van der Waals surface area contributed by atoms with Gasteiger partial charge in [-0.05, 0) is 62.9 Å². The average Bonchev–Trinajstić information content (AvgIpc) is 3.22. The molecule has 2 heterocycles. The van der Waals surface area contributed by atoms with Gasteiger partial charge >= 0.3 is 0 Å². The van der Waals surface area contributed by atoms with E-state index in [-0.39, 0.29) is 11.2 Å². The van der Waals surface area contributed by atoms with Gasteiger partial charge in [0.05, 0.1) is 12.4 Å². The van der Waals surface area contributed by atoms with Gasteiger partial charge in [0.2, 0.25) is 5.91 Å². The molecule has 1 atom stereocenters. The van der Waals surface area contributed by atoms with Gasteiger partial charge in [-0.15, -0.1) is 11.3 Å². The predicted molar refractivity (Wildman–Crippen MR) is 111 cm³/mol. The number of aryl methyl sites for hydroxylation is 3. The standard InChI is InChI=1S/C20H21N3O2S2/c1-11(18(24)23-13-7-9-14(25-3)10-8-13)26-19-17-15-5-4-6-16(15)27-20(17)22-12(2)21-19/h7-11H,4-6H2,1-3H3,(H,23,24)/t11-/m1/s1.